The fourth-order valence-electron chi connectivity index (χ4n) is 4.00. The molecular formula is C26H39O3P. The maximum Gasteiger partial charge on any atom is 0.155 e. The van der Waals surface area contributed by atoms with Crippen LogP contribution in [0.3, 0.4) is 0 Å². The third-order valence-electron chi connectivity index (χ3n) is 5.71. The Kier molecular flexibility index (Phi) is 6.09. The van der Waals surface area contributed by atoms with Gasteiger partial charge in [0.05, 0.1) is 10.6 Å². The lowest BCUT2D eigenvalue weighted by atomic mass is 9.85. The van der Waals surface area contributed by atoms with Crippen LogP contribution in [-0.4, -0.2) is 15.4 Å². The molecule has 0 fully saturated rings. The van der Waals surface area contributed by atoms with Crippen LogP contribution in [0.4, 0.5) is 0 Å². The van der Waals surface area contributed by atoms with Gasteiger partial charge < -0.3 is 14.8 Å². The van der Waals surface area contributed by atoms with E-state index < -0.39 is 12.3 Å². The highest BCUT2D eigenvalue weighted by Gasteiger charge is 2.45. The van der Waals surface area contributed by atoms with Crippen molar-refractivity contribution in [3.8, 4) is 11.5 Å². The standard InChI is InChI=1S/C26H39O3P/c1-16-12-18(24(3,4)5)22(27)20(14-16)30(29,26(9,10)11)21-15-17(2)13-19(23(21)28)25(6,7)8/h12-15,27-28H,1-11H3. The van der Waals surface area contributed by atoms with Crippen LogP contribution < -0.4 is 10.6 Å². The summed E-state index contributed by atoms with van der Waals surface area (Å²) in [6.07, 6.45) is 0. The van der Waals surface area contributed by atoms with Gasteiger partial charge in [-0.25, -0.2) is 0 Å². The van der Waals surface area contributed by atoms with E-state index in [4.69, 9.17) is 0 Å². The fraction of sp³-hybridized carbons (Fsp3) is 0.538. The molecule has 0 amide bonds. The van der Waals surface area contributed by atoms with Gasteiger partial charge in [0.2, 0.25) is 0 Å². The summed E-state index contributed by atoms with van der Waals surface area (Å²) >= 11 is 0. The minimum Gasteiger partial charge on any atom is -0.507 e. The van der Waals surface area contributed by atoms with E-state index in [0.29, 0.717) is 10.6 Å². The van der Waals surface area contributed by atoms with Crippen LogP contribution in [0, 0.1) is 13.8 Å². The monoisotopic (exact) mass is 430 g/mol. The Hall–Kier alpha value is -1.73. The predicted molar refractivity (Wildman–Crippen MR) is 130 cm³/mol. The minimum atomic E-state index is -3.43. The Morgan fingerprint density at radius 2 is 0.933 bits per heavy atom. The molecule has 0 aliphatic heterocycles. The lowest BCUT2D eigenvalue weighted by molar-refractivity contribution is 0.448. The van der Waals surface area contributed by atoms with Gasteiger partial charge in [0.15, 0.2) is 7.14 Å². The van der Waals surface area contributed by atoms with Crippen LogP contribution >= 0.6 is 7.14 Å². The molecule has 0 aliphatic rings. The van der Waals surface area contributed by atoms with Crippen LogP contribution in [0.2, 0.25) is 0 Å². The van der Waals surface area contributed by atoms with Crippen molar-refractivity contribution in [3.05, 3.63) is 46.5 Å². The average Bonchev–Trinajstić information content (AvgIpc) is 2.54. The summed E-state index contributed by atoms with van der Waals surface area (Å²) in [5, 5.41) is 22.9. The number of aryl methyl sites for hydroxylation is 2. The zero-order valence-electron chi connectivity index (χ0n) is 20.6. The summed E-state index contributed by atoms with van der Waals surface area (Å²) in [5.74, 6) is 0.147. The zero-order valence-corrected chi connectivity index (χ0v) is 21.5. The van der Waals surface area contributed by atoms with Gasteiger partial charge in [-0.2, -0.15) is 0 Å². The van der Waals surface area contributed by atoms with Gasteiger partial charge in [-0.05, 0) is 47.9 Å². The molecule has 30 heavy (non-hydrogen) atoms. The van der Waals surface area contributed by atoms with Gasteiger partial charge in [-0.3, -0.25) is 0 Å². The molecule has 0 bridgehead atoms. The van der Waals surface area contributed by atoms with Crippen LogP contribution in [0.25, 0.3) is 0 Å². The average molecular weight is 431 g/mol. The first kappa shape index (κ1) is 24.5. The molecule has 0 radical (unpaired) electrons. The Balaban J connectivity index is 3.06. The predicted octanol–water partition coefficient (Wildman–Crippen LogP) is 6.42. The topological polar surface area (TPSA) is 57.5 Å². The molecule has 4 heteroatoms. The number of rotatable bonds is 2. The highest BCUT2D eigenvalue weighted by Crippen LogP contribution is 2.60. The summed E-state index contributed by atoms with van der Waals surface area (Å²) in [6, 6.07) is 7.58. The van der Waals surface area contributed by atoms with Crippen molar-refractivity contribution in [1.29, 1.82) is 0 Å². The molecule has 0 atom stereocenters. The Labute approximate surface area is 182 Å². The van der Waals surface area contributed by atoms with Crippen LogP contribution in [0.1, 0.15) is 84.6 Å². The lowest BCUT2D eigenvalue weighted by Gasteiger charge is -2.36. The molecular weight excluding hydrogens is 391 g/mol. The fourth-order valence-corrected chi connectivity index (χ4v) is 7.31. The van der Waals surface area contributed by atoms with Gasteiger partial charge in [0.1, 0.15) is 11.5 Å². The van der Waals surface area contributed by atoms with Gasteiger partial charge >= 0.3 is 0 Å². The van der Waals surface area contributed by atoms with Crippen molar-refractivity contribution >= 4 is 17.8 Å². The molecule has 2 rings (SSSR count). The van der Waals surface area contributed by atoms with Crippen molar-refractivity contribution in [2.24, 2.45) is 0 Å². The summed E-state index contributed by atoms with van der Waals surface area (Å²) in [6.45, 7) is 21.9. The summed E-state index contributed by atoms with van der Waals surface area (Å²) < 4.78 is 15.0. The second-order valence-electron chi connectivity index (χ2n) is 11.6. The van der Waals surface area contributed by atoms with E-state index in [1.807, 2.05) is 100 Å². The Morgan fingerprint density at radius 3 is 1.17 bits per heavy atom. The van der Waals surface area contributed by atoms with Gasteiger partial charge in [0, 0.05) is 16.3 Å². The Morgan fingerprint density at radius 1 is 0.633 bits per heavy atom. The van der Waals surface area contributed by atoms with E-state index in [1.165, 1.54) is 0 Å². The first-order valence-electron chi connectivity index (χ1n) is 10.6. The molecule has 2 aromatic carbocycles. The third-order valence-corrected chi connectivity index (χ3v) is 9.64. The smallest absolute Gasteiger partial charge is 0.155 e. The SMILES string of the molecule is Cc1cc(C(C)(C)C)c(O)c(P(=O)(c2cc(C)cc(C(C)(C)C)c2O)C(C)(C)C)c1. The number of hydrogen-bond donors (Lipinski definition) is 2. The van der Waals surface area contributed by atoms with E-state index in [0.717, 1.165) is 22.3 Å². The number of benzene rings is 2. The molecule has 3 nitrogen and oxygen atoms in total. The second-order valence-corrected chi connectivity index (χ2v) is 15.2. The van der Waals surface area contributed by atoms with Crippen molar-refractivity contribution in [1.82, 2.24) is 0 Å². The van der Waals surface area contributed by atoms with E-state index in [2.05, 4.69) is 0 Å². The maximum absolute atomic E-state index is 15.0. The quantitative estimate of drug-likeness (QED) is 0.540. The van der Waals surface area contributed by atoms with Crippen molar-refractivity contribution in [2.75, 3.05) is 0 Å². The van der Waals surface area contributed by atoms with E-state index in [1.54, 1.807) is 0 Å². The molecule has 166 valence electrons. The van der Waals surface area contributed by atoms with Crippen molar-refractivity contribution in [3.63, 3.8) is 0 Å². The highest BCUT2D eigenvalue weighted by molar-refractivity contribution is 7.80. The molecule has 0 aromatic heterocycles. The summed E-state index contributed by atoms with van der Waals surface area (Å²) in [7, 11) is -3.43. The van der Waals surface area contributed by atoms with Crippen molar-refractivity contribution < 1.29 is 14.8 Å². The highest BCUT2D eigenvalue weighted by atomic mass is 31.2. The number of phenols is 2. The summed E-state index contributed by atoms with van der Waals surface area (Å²) in [4.78, 5) is 0. The van der Waals surface area contributed by atoms with E-state index in [-0.39, 0.29) is 22.3 Å². The van der Waals surface area contributed by atoms with E-state index in [9.17, 15) is 10.2 Å². The minimum absolute atomic E-state index is 0.0737. The van der Waals surface area contributed by atoms with E-state index >= 15 is 4.57 Å². The number of hydrogen-bond acceptors (Lipinski definition) is 3. The van der Waals surface area contributed by atoms with Gasteiger partial charge in [-0.1, -0.05) is 74.4 Å². The molecule has 2 aromatic rings. The number of aromatic hydroxyl groups is 2. The molecule has 0 heterocycles. The zero-order chi connectivity index (χ0) is 23.4. The Bertz CT molecular complexity index is 939. The lowest BCUT2D eigenvalue weighted by Crippen LogP contribution is -2.33. The van der Waals surface area contributed by atoms with Crippen LogP contribution in [0.15, 0.2) is 24.3 Å². The maximum atomic E-state index is 15.0. The normalized spacial score (nSPS) is 13.6. The second kappa shape index (κ2) is 7.45. The van der Waals surface area contributed by atoms with Crippen LogP contribution in [-0.2, 0) is 15.4 Å². The first-order chi connectivity index (χ1) is 13.3. The molecule has 0 unspecified atom stereocenters. The number of phenolic OH excluding ortho intramolecular Hbond substituents is 2. The molecule has 0 aliphatic carbocycles. The largest absolute Gasteiger partial charge is 0.507 e. The van der Waals surface area contributed by atoms with Gasteiger partial charge in [0.25, 0.3) is 0 Å². The molecule has 2 N–H and O–H groups in total. The molecule has 0 saturated carbocycles. The first-order valence-corrected chi connectivity index (χ1v) is 12.3. The van der Waals surface area contributed by atoms with Gasteiger partial charge in [-0.15, -0.1) is 0 Å². The molecule has 0 spiro atoms. The van der Waals surface area contributed by atoms with Crippen LogP contribution in [0.5, 0.6) is 11.5 Å². The molecule has 0 saturated heterocycles. The third kappa shape index (κ3) is 4.19. The van der Waals surface area contributed by atoms with Crippen molar-refractivity contribution in [2.45, 2.75) is 92.1 Å². The summed E-state index contributed by atoms with van der Waals surface area (Å²) in [5.41, 5.74) is 2.81.